The van der Waals surface area contributed by atoms with E-state index in [9.17, 15) is 4.79 Å². The number of rotatable bonds is 2. The summed E-state index contributed by atoms with van der Waals surface area (Å²) in [6.45, 7) is 0.206. The zero-order valence-corrected chi connectivity index (χ0v) is 8.67. The van der Waals surface area contributed by atoms with E-state index in [4.69, 9.17) is 19.0 Å². The van der Waals surface area contributed by atoms with Gasteiger partial charge in [0.1, 0.15) is 5.76 Å². The Bertz CT molecular complexity index is 584. The van der Waals surface area contributed by atoms with Crippen LogP contribution in [-0.4, -0.2) is 17.9 Å². The molecule has 2 aromatic rings. The first-order valence-corrected chi connectivity index (χ1v) is 4.97. The Morgan fingerprint density at radius 1 is 1.12 bits per heavy atom. The van der Waals surface area contributed by atoms with Gasteiger partial charge in [-0.15, -0.1) is 0 Å². The molecule has 1 aliphatic rings. The molecule has 0 saturated heterocycles. The topological polar surface area (TPSA) is 68.9 Å². The third-order valence-electron chi connectivity index (χ3n) is 2.47. The molecule has 1 aliphatic heterocycles. The molecule has 1 N–H and O–H groups in total. The lowest BCUT2D eigenvalue weighted by Gasteiger charge is -1.99. The minimum Gasteiger partial charge on any atom is -0.475 e. The van der Waals surface area contributed by atoms with Crippen molar-refractivity contribution in [2.24, 2.45) is 0 Å². The number of aromatic carboxylic acids is 1. The SMILES string of the molecule is O=C(O)c1ccc(-c2ccc3c(c2)OCO3)o1. The van der Waals surface area contributed by atoms with E-state index >= 15 is 0 Å². The summed E-state index contributed by atoms with van der Waals surface area (Å²) >= 11 is 0. The molecule has 86 valence electrons. The van der Waals surface area contributed by atoms with Crippen LogP contribution in [0.2, 0.25) is 0 Å². The Hall–Kier alpha value is -2.43. The Balaban J connectivity index is 2.00. The highest BCUT2D eigenvalue weighted by atomic mass is 16.7. The van der Waals surface area contributed by atoms with Crippen LogP contribution >= 0.6 is 0 Å². The minimum atomic E-state index is -1.09. The van der Waals surface area contributed by atoms with Crippen LogP contribution in [0.3, 0.4) is 0 Å². The molecule has 0 bridgehead atoms. The third-order valence-corrected chi connectivity index (χ3v) is 2.47. The molecule has 1 aromatic heterocycles. The second kappa shape index (κ2) is 3.55. The molecule has 0 spiro atoms. The monoisotopic (exact) mass is 232 g/mol. The molecule has 17 heavy (non-hydrogen) atoms. The van der Waals surface area contributed by atoms with E-state index in [0.717, 1.165) is 5.56 Å². The summed E-state index contributed by atoms with van der Waals surface area (Å²) in [5, 5.41) is 8.76. The molecule has 0 radical (unpaired) electrons. The Morgan fingerprint density at radius 2 is 1.94 bits per heavy atom. The summed E-state index contributed by atoms with van der Waals surface area (Å²) in [7, 11) is 0. The quantitative estimate of drug-likeness (QED) is 0.860. The number of carboxylic acids is 1. The lowest BCUT2D eigenvalue weighted by Crippen LogP contribution is -1.92. The molecule has 0 fully saturated rings. The van der Waals surface area contributed by atoms with Crippen molar-refractivity contribution in [2.75, 3.05) is 6.79 Å². The predicted octanol–water partition coefficient (Wildman–Crippen LogP) is 2.37. The number of hydrogen-bond donors (Lipinski definition) is 1. The van der Waals surface area contributed by atoms with Gasteiger partial charge in [-0.1, -0.05) is 0 Å². The van der Waals surface area contributed by atoms with Crippen LogP contribution in [-0.2, 0) is 0 Å². The van der Waals surface area contributed by atoms with Gasteiger partial charge >= 0.3 is 5.97 Å². The molecule has 2 heterocycles. The van der Waals surface area contributed by atoms with Crippen molar-refractivity contribution in [2.45, 2.75) is 0 Å². The first kappa shape index (κ1) is 9.77. The van der Waals surface area contributed by atoms with Gasteiger partial charge in [0.25, 0.3) is 0 Å². The second-order valence-electron chi connectivity index (χ2n) is 3.54. The zero-order valence-electron chi connectivity index (χ0n) is 8.67. The summed E-state index contributed by atoms with van der Waals surface area (Å²) in [5.74, 6) is 0.630. The fourth-order valence-electron chi connectivity index (χ4n) is 1.66. The number of fused-ring (bicyclic) bond motifs is 1. The first-order valence-electron chi connectivity index (χ1n) is 4.97. The van der Waals surface area contributed by atoms with Crippen LogP contribution in [0.25, 0.3) is 11.3 Å². The lowest BCUT2D eigenvalue weighted by atomic mass is 10.1. The van der Waals surface area contributed by atoms with Gasteiger partial charge in [-0.2, -0.15) is 0 Å². The van der Waals surface area contributed by atoms with E-state index in [1.807, 2.05) is 0 Å². The van der Waals surface area contributed by atoms with Crippen molar-refractivity contribution in [3.05, 3.63) is 36.1 Å². The van der Waals surface area contributed by atoms with Gasteiger partial charge < -0.3 is 19.0 Å². The highest BCUT2D eigenvalue weighted by Gasteiger charge is 2.16. The maximum absolute atomic E-state index is 10.7. The number of carbonyl (C=O) groups is 1. The van der Waals surface area contributed by atoms with Crippen LogP contribution in [0.5, 0.6) is 11.5 Å². The van der Waals surface area contributed by atoms with Gasteiger partial charge in [0.2, 0.25) is 12.6 Å². The average molecular weight is 232 g/mol. The smallest absolute Gasteiger partial charge is 0.371 e. The van der Waals surface area contributed by atoms with Crippen LogP contribution in [0.15, 0.2) is 34.7 Å². The van der Waals surface area contributed by atoms with Gasteiger partial charge in [-0.3, -0.25) is 0 Å². The van der Waals surface area contributed by atoms with E-state index in [1.54, 1.807) is 24.3 Å². The Kier molecular flexibility index (Phi) is 2.04. The van der Waals surface area contributed by atoms with Crippen molar-refractivity contribution in [1.82, 2.24) is 0 Å². The number of furan rings is 1. The van der Waals surface area contributed by atoms with E-state index in [1.165, 1.54) is 6.07 Å². The van der Waals surface area contributed by atoms with Gasteiger partial charge in [0.05, 0.1) is 0 Å². The summed E-state index contributed by atoms with van der Waals surface area (Å²) in [5.41, 5.74) is 0.752. The summed E-state index contributed by atoms with van der Waals surface area (Å²) in [6, 6.07) is 8.34. The van der Waals surface area contributed by atoms with E-state index in [-0.39, 0.29) is 12.6 Å². The van der Waals surface area contributed by atoms with Crippen molar-refractivity contribution in [1.29, 1.82) is 0 Å². The summed E-state index contributed by atoms with van der Waals surface area (Å²) in [6.07, 6.45) is 0. The molecule has 1 aromatic carbocycles. The third kappa shape index (κ3) is 1.61. The Morgan fingerprint density at radius 3 is 2.71 bits per heavy atom. The number of benzene rings is 1. The number of ether oxygens (including phenoxy) is 2. The standard InChI is InChI=1S/C12H8O5/c13-12(14)10-4-3-8(17-10)7-1-2-9-11(5-7)16-6-15-9/h1-5H,6H2,(H,13,14). The van der Waals surface area contributed by atoms with Gasteiger partial charge in [0, 0.05) is 5.56 Å². The normalized spacial score (nSPS) is 12.7. The van der Waals surface area contributed by atoms with Crippen LogP contribution in [0.1, 0.15) is 10.6 Å². The highest BCUT2D eigenvalue weighted by molar-refractivity contribution is 5.85. The lowest BCUT2D eigenvalue weighted by molar-refractivity contribution is 0.0663. The molecular weight excluding hydrogens is 224 g/mol. The van der Waals surface area contributed by atoms with Crippen molar-refractivity contribution in [3.63, 3.8) is 0 Å². The van der Waals surface area contributed by atoms with Crippen molar-refractivity contribution < 1.29 is 23.8 Å². The van der Waals surface area contributed by atoms with Crippen molar-refractivity contribution >= 4 is 5.97 Å². The fraction of sp³-hybridized carbons (Fsp3) is 0.0833. The molecule has 0 unspecified atom stereocenters. The molecule has 0 amide bonds. The summed E-state index contributed by atoms with van der Waals surface area (Å²) < 4.78 is 15.6. The molecule has 0 saturated carbocycles. The average Bonchev–Trinajstić information content (AvgIpc) is 2.97. The largest absolute Gasteiger partial charge is 0.475 e. The maximum Gasteiger partial charge on any atom is 0.371 e. The molecule has 0 atom stereocenters. The van der Waals surface area contributed by atoms with Gasteiger partial charge in [0.15, 0.2) is 11.5 Å². The molecular formula is C12H8O5. The van der Waals surface area contributed by atoms with Crippen LogP contribution < -0.4 is 9.47 Å². The predicted molar refractivity (Wildman–Crippen MR) is 57.2 cm³/mol. The molecule has 5 heteroatoms. The van der Waals surface area contributed by atoms with Crippen LogP contribution in [0, 0.1) is 0 Å². The number of hydrogen-bond acceptors (Lipinski definition) is 4. The molecule has 5 nitrogen and oxygen atoms in total. The zero-order chi connectivity index (χ0) is 11.8. The van der Waals surface area contributed by atoms with E-state index in [0.29, 0.717) is 17.3 Å². The molecule has 3 rings (SSSR count). The van der Waals surface area contributed by atoms with Crippen LogP contribution in [0.4, 0.5) is 0 Å². The maximum atomic E-state index is 10.7. The fourth-order valence-corrected chi connectivity index (χ4v) is 1.66. The highest BCUT2D eigenvalue weighted by Crippen LogP contribution is 2.36. The number of carboxylic acid groups (broad SMARTS) is 1. The second-order valence-corrected chi connectivity index (χ2v) is 3.54. The summed E-state index contributed by atoms with van der Waals surface area (Å²) in [4.78, 5) is 10.7. The van der Waals surface area contributed by atoms with Crippen molar-refractivity contribution in [3.8, 4) is 22.8 Å². The van der Waals surface area contributed by atoms with Gasteiger partial charge in [-0.05, 0) is 30.3 Å². The molecule has 0 aliphatic carbocycles. The van der Waals surface area contributed by atoms with E-state index in [2.05, 4.69) is 0 Å². The first-order chi connectivity index (χ1) is 8.24. The Labute approximate surface area is 96.2 Å². The van der Waals surface area contributed by atoms with Gasteiger partial charge in [-0.25, -0.2) is 4.79 Å². The minimum absolute atomic E-state index is 0.0855. The van der Waals surface area contributed by atoms with E-state index < -0.39 is 5.97 Å².